The normalized spacial score (nSPS) is 19.9. The van der Waals surface area contributed by atoms with Crippen molar-refractivity contribution in [3.8, 4) is 0 Å². The zero-order valence-corrected chi connectivity index (χ0v) is 14.6. The van der Waals surface area contributed by atoms with E-state index in [1.807, 2.05) is 32.2 Å². The van der Waals surface area contributed by atoms with Crippen LogP contribution in [0.1, 0.15) is 32.3 Å². The summed E-state index contributed by atoms with van der Waals surface area (Å²) in [5.74, 6) is 0. The highest BCUT2D eigenvalue weighted by molar-refractivity contribution is 6.32. The minimum absolute atomic E-state index is 0.299. The van der Waals surface area contributed by atoms with Gasteiger partial charge in [0.2, 0.25) is 0 Å². The second-order valence-electron chi connectivity index (χ2n) is 5.47. The van der Waals surface area contributed by atoms with Crippen LogP contribution in [0.25, 0.3) is 5.70 Å². The van der Waals surface area contributed by atoms with E-state index in [-0.39, 0.29) is 0 Å². The second kappa shape index (κ2) is 7.60. The van der Waals surface area contributed by atoms with Gasteiger partial charge in [0, 0.05) is 37.1 Å². The van der Waals surface area contributed by atoms with Crippen LogP contribution in [0.4, 0.5) is 4.39 Å². The summed E-state index contributed by atoms with van der Waals surface area (Å²) in [4.78, 5) is 5.85. The van der Waals surface area contributed by atoms with Crippen molar-refractivity contribution in [3.05, 3.63) is 70.7 Å². The van der Waals surface area contributed by atoms with Gasteiger partial charge in [-0.2, -0.15) is 0 Å². The maximum Gasteiger partial charge on any atom is 0.143 e. The van der Waals surface area contributed by atoms with Crippen molar-refractivity contribution in [1.82, 2.24) is 9.88 Å². The predicted octanol–water partition coefficient (Wildman–Crippen LogP) is 5.55. The molecule has 1 atom stereocenters. The van der Waals surface area contributed by atoms with Gasteiger partial charge in [-0.25, -0.2) is 4.39 Å². The molecule has 0 aliphatic carbocycles. The summed E-state index contributed by atoms with van der Waals surface area (Å²) in [6, 6.07) is 1.86. The first-order valence-electron chi connectivity index (χ1n) is 7.74. The minimum atomic E-state index is -1.09. The van der Waals surface area contributed by atoms with Crippen LogP contribution in [0.15, 0.2) is 60.1 Å². The Bertz CT molecular complexity index is 688. The third-order valence-corrected chi connectivity index (χ3v) is 4.24. The molecule has 1 aromatic rings. The van der Waals surface area contributed by atoms with E-state index in [0.717, 1.165) is 28.8 Å². The molecule has 1 aromatic heterocycles. The van der Waals surface area contributed by atoms with Crippen molar-refractivity contribution in [1.29, 1.82) is 0 Å². The zero-order chi connectivity index (χ0) is 17.0. The van der Waals surface area contributed by atoms with Crippen molar-refractivity contribution in [2.75, 3.05) is 7.05 Å². The summed E-state index contributed by atoms with van der Waals surface area (Å²) in [5, 5.41) is 0.549. The molecule has 0 amide bonds. The molecule has 2 rings (SSSR count). The van der Waals surface area contributed by atoms with Gasteiger partial charge in [-0.05, 0) is 30.6 Å². The van der Waals surface area contributed by atoms with Gasteiger partial charge >= 0.3 is 0 Å². The van der Waals surface area contributed by atoms with Crippen LogP contribution in [0, 0.1) is 0 Å². The highest BCUT2D eigenvalue weighted by Gasteiger charge is 2.30. The summed E-state index contributed by atoms with van der Waals surface area (Å²) in [5.41, 5.74) is 4.17. The molecule has 0 aromatic carbocycles. The lowest BCUT2D eigenvalue weighted by atomic mass is 9.89. The first kappa shape index (κ1) is 17.5. The molecule has 4 heteroatoms. The summed E-state index contributed by atoms with van der Waals surface area (Å²) in [6.07, 6.45) is 9.49. The van der Waals surface area contributed by atoms with Gasteiger partial charge in [0.15, 0.2) is 0 Å². The smallest absolute Gasteiger partial charge is 0.143 e. The summed E-state index contributed by atoms with van der Waals surface area (Å²) in [7, 11) is 1.83. The van der Waals surface area contributed by atoms with E-state index in [1.165, 1.54) is 0 Å². The van der Waals surface area contributed by atoms with Crippen LogP contribution < -0.4 is 0 Å². The Hall–Kier alpha value is -1.87. The molecule has 0 bridgehead atoms. The van der Waals surface area contributed by atoms with E-state index in [1.54, 1.807) is 17.3 Å². The molecule has 122 valence electrons. The third-order valence-electron chi connectivity index (χ3n) is 3.94. The predicted molar refractivity (Wildman–Crippen MR) is 95.8 cm³/mol. The standard InChI is InChI=1S/C19H22ClFN2/c1-5-7-14(8-6-2)16-11-18(21)13(3)23(4)19(16)15-9-10-22-12-17(15)20/h5,7-10,12,18H,3,6,11H2,1-2,4H3/b7-5-,14-8+. The fourth-order valence-corrected chi connectivity index (χ4v) is 3.02. The van der Waals surface area contributed by atoms with Crippen LogP contribution >= 0.6 is 11.6 Å². The van der Waals surface area contributed by atoms with E-state index in [0.29, 0.717) is 17.1 Å². The lowest BCUT2D eigenvalue weighted by Crippen LogP contribution is -2.29. The molecule has 1 unspecified atom stereocenters. The van der Waals surface area contributed by atoms with Gasteiger partial charge in [-0.3, -0.25) is 4.98 Å². The van der Waals surface area contributed by atoms with Crippen LogP contribution in [-0.4, -0.2) is 23.1 Å². The Kier molecular flexibility index (Phi) is 5.78. The van der Waals surface area contributed by atoms with Crippen LogP contribution in [0.2, 0.25) is 5.02 Å². The lowest BCUT2D eigenvalue weighted by Gasteiger charge is -2.35. The average Bonchev–Trinajstić information content (AvgIpc) is 2.53. The van der Waals surface area contributed by atoms with Gasteiger partial charge in [-0.1, -0.05) is 43.3 Å². The molecule has 0 saturated carbocycles. The van der Waals surface area contributed by atoms with Crippen molar-refractivity contribution in [2.45, 2.75) is 32.9 Å². The van der Waals surface area contributed by atoms with E-state index in [9.17, 15) is 4.39 Å². The van der Waals surface area contributed by atoms with Crippen molar-refractivity contribution in [2.24, 2.45) is 0 Å². The molecule has 0 radical (unpaired) electrons. The van der Waals surface area contributed by atoms with E-state index >= 15 is 0 Å². The molecule has 1 aliphatic rings. The summed E-state index contributed by atoms with van der Waals surface area (Å²) in [6.45, 7) is 7.92. The number of nitrogens with zero attached hydrogens (tertiary/aromatic N) is 2. The molecule has 23 heavy (non-hydrogen) atoms. The molecule has 0 saturated heterocycles. The van der Waals surface area contributed by atoms with Crippen LogP contribution in [0.5, 0.6) is 0 Å². The number of aromatic nitrogens is 1. The van der Waals surface area contributed by atoms with Gasteiger partial charge in [0.25, 0.3) is 0 Å². The highest BCUT2D eigenvalue weighted by Crippen LogP contribution is 2.41. The Morgan fingerprint density at radius 2 is 2.30 bits per heavy atom. The molecular formula is C19H22ClFN2. The number of hydrogen-bond donors (Lipinski definition) is 0. The number of rotatable bonds is 4. The molecular weight excluding hydrogens is 311 g/mol. The minimum Gasteiger partial charge on any atom is -0.345 e. The molecule has 2 nitrogen and oxygen atoms in total. The van der Waals surface area contributed by atoms with Gasteiger partial charge in [-0.15, -0.1) is 0 Å². The topological polar surface area (TPSA) is 16.1 Å². The number of alkyl halides is 1. The van der Waals surface area contributed by atoms with E-state index in [2.05, 4.69) is 24.6 Å². The second-order valence-corrected chi connectivity index (χ2v) is 5.88. The summed E-state index contributed by atoms with van der Waals surface area (Å²) >= 11 is 6.35. The number of pyridine rings is 1. The van der Waals surface area contributed by atoms with Crippen LogP contribution in [-0.2, 0) is 0 Å². The van der Waals surface area contributed by atoms with Crippen molar-refractivity contribution >= 4 is 17.3 Å². The first-order valence-corrected chi connectivity index (χ1v) is 8.11. The first-order chi connectivity index (χ1) is 11.0. The maximum atomic E-state index is 14.4. The van der Waals surface area contributed by atoms with Crippen molar-refractivity contribution in [3.63, 3.8) is 0 Å². The quantitative estimate of drug-likeness (QED) is 0.672. The SMILES string of the molecule is C=C1C(F)CC(C(/C=C\C)=C/CC)=C(c2ccncc2Cl)N1C. The summed E-state index contributed by atoms with van der Waals surface area (Å²) < 4.78 is 14.4. The van der Waals surface area contributed by atoms with E-state index in [4.69, 9.17) is 11.6 Å². The largest absolute Gasteiger partial charge is 0.345 e. The monoisotopic (exact) mass is 332 g/mol. The number of allylic oxidation sites excluding steroid dienone is 6. The zero-order valence-electron chi connectivity index (χ0n) is 13.8. The van der Waals surface area contributed by atoms with Gasteiger partial charge < -0.3 is 4.90 Å². The van der Waals surface area contributed by atoms with Crippen molar-refractivity contribution < 1.29 is 4.39 Å². The maximum absolute atomic E-state index is 14.4. The van der Waals surface area contributed by atoms with Gasteiger partial charge in [0.05, 0.1) is 10.7 Å². The molecule has 2 heterocycles. The fourth-order valence-electron chi connectivity index (χ4n) is 2.81. The van der Waals surface area contributed by atoms with Crippen LogP contribution in [0.3, 0.4) is 0 Å². The Morgan fingerprint density at radius 3 is 2.91 bits per heavy atom. The number of hydrogen-bond acceptors (Lipinski definition) is 2. The van der Waals surface area contributed by atoms with E-state index < -0.39 is 6.17 Å². The third kappa shape index (κ3) is 3.56. The Labute approximate surface area is 142 Å². The highest BCUT2D eigenvalue weighted by atomic mass is 35.5. The molecule has 0 N–H and O–H groups in total. The van der Waals surface area contributed by atoms with Gasteiger partial charge in [0.1, 0.15) is 6.17 Å². The fraction of sp³-hybridized carbons (Fsp3) is 0.316. The molecule has 0 spiro atoms. The molecule has 0 fully saturated rings. The Morgan fingerprint density at radius 1 is 1.57 bits per heavy atom. The Balaban J connectivity index is 2.73. The lowest BCUT2D eigenvalue weighted by molar-refractivity contribution is 0.316. The molecule has 1 aliphatic heterocycles. The average molecular weight is 333 g/mol. The number of halogens is 2.